The lowest BCUT2D eigenvalue weighted by molar-refractivity contribution is -0.148. The Morgan fingerprint density at radius 1 is 1.17 bits per heavy atom. The highest BCUT2D eigenvalue weighted by atomic mass is 16.5. The summed E-state index contributed by atoms with van der Waals surface area (Å²) in [6.45, 7) is 6.19. The van der Waals surface area contributed by atoms with E-state index in [2.05, 4.69) is 31.0 Å². The second-order valence-corrected chi connectivity index (χ2v) is 10.0. The van der Waals surface area contributed by atoms with Crippen LogP contribution in [0.2, 0.25) is 0 Å². The molecule has 0 bridgehead atoms. The minimum Gasteiger partial charge on any atom is -0.462 e. The lowest BCUT2D eigenvalue weighted by Gasteiger charge is -2.57. The fourth-order valence-electron chi connectivity index (χ4n) is 7.28. The van der Waals surface area contributed by atoms with E-state index in [0.717, 1.165) is 50.5 Å². The molecule has 0 radical (unpaired) electrons. The summed E-state index contributed by atoms with van der Waals surface area (Å²) < 4.78 is 38.3. The lowest BCUT2D eigenvalue weighted by Crippen LogP contribution is -2.50. The summed E-state index contributed by atoms with van der Waals surface area (Å²) in [6.07, 6.45) is 11.2. The van der Waals surface area contributed by atoms with Crippen molar-refractivity contribution in [3.63, 3.8) is 0 Å². The molecule has 0 aliphatic heterocycles. The predicted molar refractivity (Wildman–Crippen MR) is 115 cm³/mol. The van der Waals surface area contributed by atoms with Gasteiger partial charge in [-0.1, -0.05) is 37.6 Å². The molecule has 0 spiro atoms. The van der Waals surface area contributed by atoms with Gasteiger partial charge in [-0.2, -0.15) is 0 Å². The largest absolute Gasteiger partial charge is 0.462 e. The van der Waals surface area contributed by atoms with Crippen molar-refractivity contribution in [2.75, 3.05) is 0 Å². The first kappa shape index (κ1) is 15.0. The smallest absolute Gasteiger partial charge is 0.302 e. The molecule has 154 valence electrons. The Morgan fingerprint density at radius 3 is 2.83 bits per heavy atom. The molecule has 1 aromatic rings. The van der Waals surface area contributed by atoms with Crippen LogP contribution in [0.4, 0.5) is 0 Å². The number of esters is 1. The van der Waals surface area contributed by atoms with Crippen molar-refractivity contribution in [2.24, 2.45) is 28.6 Å². The Morgan fingerprint density at radius 2 is 2.00 bits per heavy atom. The number of carbonyl (C=O) groups is 1. The highest BCUT2D eigenvalue weighted by Gasteiger charge is 2.56. The van der Waals surface area contributed by atoms with Gasteiger partial charge in [-0.25, -0.2) is 0 Å². The van der Waals surface area contributed by atoms with Crippen LogP contribution in [0.1, 0.15) is 76.8 Å². The standard InChI is InChI=1S/C26H33NO2/c1-17(28)29-20-10-12-25(2)19(15-20)6-7-21-23-9-8-22(18-5-4-14-27-16-18)26(23,3)13-11-24(21)25/h4-6,8,14,16,20-21,23-24H,7,9-13,15H2,1-3H3/t20-,21-,23-,24-,25-,26+/m1/s1/i4D,5D,14D,16D. The molecule has 1 aromatic heterocycles. The zero-order chi connectivity index (χ0) is 23.7. The second kappa shape index (κ2) is 6.82. The van der Waals surface area contributed by atoms with Crippen molar-refractivity contribution in [1.82, 2.24) is 4.98 Å². The van der Waals surface area contributed by atoms with Crippen LogP contribution in [-0.4, -0.2) is 17.1 Å². The monoisotopic (exact) mass is 395 g/mol. The van der Waals surface area contributed by atoms with Gasteiger partial charge in [0, 0.05) is 25.7 Å². The maximum absolute atomic E-state index is 11.5. The van der Waals surface area contributed by atoms with E-state index in [1.807, 2.05) is 0 Å². The van der Waals surface area contributed by atoms with E-state index < -0.39 is 0 Å². The van der Waals surface area contributed by atoms with E-state index in [1.165, 1.54) is 12.5 Å². The van der Waals surface area contributed by atoms with Gasteiger partial charge in [-0.15, -0.1) is 0 Å². The Bertz CT molecular complexity index is 1080. The summed E-state index contributed by atoms with van der Waals surface area (Å²) in [4.78, 5) is 15.4. The molecule has 0 aromatic carbocycles. The van der Waals surface area contributed by atoms with Crippen molar-refractivity contribution in [3.8, 4) is 0 Å². The molecule has 0 saturated heterocycles. The molecular weight excluding hydrogens is 358 g/mol. The maximum Gasteiger partial charge on any atom is 0.302 e. The van der Waals surface area contributed by atoms with Gasteiger partial charge in [0.05, 0.1) is 5.48 Å². The highest BCUT2D eigenvalue weighted by molar-refractivity contribution is 5.72. The van der Waals surface area contributed by atoms with E-state index in [-0.39, 0.29) is 47.3 Å². The first-order valence-electron chi connectivity index (χ1n) is 13.1. The number of rotatable bonds is 2. The van der Waals surface area contributed by atoms with Gasteiger partial charge >= 0.3 is 5.97 Å². The van der Waals surface area contributed by atoms with Crippen molar-refractivity contribution in [2.45, 2.75) is 71.8 Å². The summed E-state index contributed by atoms with van der Waals surface area (Å²) in [5.74, 6) is 1.38. The second-order valence-electron chi connectivity index (χ2n) is 10.0. The van der Waals surface area contributed by atoms with E-state index in [0.29, 0.717) is 23.3 Å². The van der Waals surface area contributed by atoms with Gasteiger partial charge in [-0.3, -0.25) is 9.78 Å². The van der Waals surface area contributed by atoms with Gasteiger partial charge in [0.2, 0.25) is 0 Å². The molecule has 3 nitrogen and oxygen atoms in total. The number of hydrogen-bond acceptors (Lipinski definition) is 3. The van der Waals surface area contributed by atoms with E-state index in [1.54, 1.807) is 0 Å². The number of allylic oxidation sites excluding steroid dienone is 3. The van der Waals surface area contributed by atoms with Crippen LogP contribution in [-0.2, 0) is 9.53 Å². The zero-order valence-electron chi connectivity index (χ0n) is 21.7. The molecule has 2 fully saturated rings. The lowest BCUT2D eigenvalue weighted by atomic mass is 9.47. The van der Waals surface area contributed by atoms with Crippen molar-refractivity contribution < 1.29 is 15.0 Å². The number of fused-ring (bicyclic) bond motifs is 5. The van der Waals surface area contributed by atoms with E-state index in [9.17, 15) is 4.79 Å². The average molecular weight is 396 g/mol. The summed E-state index contributed by atoms with van der Waals surface area (Å²) in [5, 5.41) is 0. The van der Waals surface area contributed by atoms with E-state index in [4.69, 9.17) is 10.2 Å². The Labute approximate surface area is 180 Å². The third-order valence-electron chi connectivity index (χ3n) is 8.71. The molecule has 4 aliphatic carbocycles. The van der Waals surface area contributed by atoms with Crippen LogP contribution >= 0.6 is 0 Å². The summed E-state index contributed by atoms with van der Waals surface area (Å²) >= 11 is 0. The van der Waals surface area contributed by atoms with E-state index >= 15 is 0 Å². The average Bonchev–Trinajstić information content (AvgIpc) is 3.09. The molecular formula is C26H33NO2. The maximum atomic E-state index is 11.5. The van der Waals surface area contributed by atoms with Crippen molar-refractivity contribution in [1.29, 1.82) is 0 Å². The molecule has 1 heterocycles. The van der Waals surface area contributed by atoms with Crippen LogP contribution in [0, 0.1) is 28.6 Å². The SMILES string of the molecule is [2H]c1nc([2H])c(C2=CC[C@@H]3[C@H]4CC=C5C[C@H](OC(C)=O)CC[C@@]5(C)[C@@H]4CC[C@@]23C)c([2H])c1[2H]. The van der Waals surface area contributed by atoms with Crippen LogP contribution in [0.25, 0.3) is 5.57 Å². The Hall–Kier alpha value is -1.90. The predicted octanol–water partition coefficient (Wildman–Crippen LogP) is 5.97. The summed E-state index contributed by atoms with van der Waals surface area (Å²) in [7, 11) is 0. The molecule has 6 atom stereocenters. The highest BCUT2D eigenvalue weighted by Crippen LogP contribution is 2.66. The van der Waals surface area contributed by atoms with Crippen LogP contribution < -0.4 is 0 Å². The fraction of sp³-hybridized carbons (Fsp3) is 0.615. The quantitative estimate of drug-likeness (QED) is 0.457. The molecule has 0 unspecified atom stereocenters. The minimum absolute atomic E-state index is 0.00417. The molecule has 29 heavy (non-hydrogen) atoms. The fourth-order valence-corrected chi connectivity index (χ4v) is 7.28. The first-order valence-corrected chi connectivity index (χ1v) is 11.1. The van der Waals surface area contributed by atoms with Crippen molar-refractivity contribution >= 4 is 11.5 Å². The number of carbonyl (C=O) groups excluding carboxylic acids is 1. The first-order chi connectivity index (χ1) is 15.6. The molecule has 0 amide bonds. The van der Waals surface area contributed by atoms with Crippen LogP contribution in [0.5, 0.6) is 0 Å². The minimum atomic E-state index is -0.292. The van der Waals surface area contributed by atoms with Gasteiger partial charge in [-0.05, 0) is 84.3 Å². The molecule has 4 aliphatic rings. The third-order valence-corrected chi connectivity index (χ3v) is 8.71. The molecule has 5 rings (SSSR count). The topological polar surface area (TPSA) is 39.2 Å². The van der Waals surface area contributed by atoms with Gasteiger partial charge in [0.1, 0.15) is 6.10 Å². The van der Waals surface area contributed by atoms with Gasteiger partial charge in [0.15, 0.2) is 0 Å². The summed E-state index contributed by atoms with van der Waals surface area (Å²) in [6, 6.07) is -0.221. The van der Waals surface area contributed by atoms with Gasteiger partial charge < -0.3 is 4.74 Å². The normalized spacial score (nSPS) is 42.7. The number of hydrogen-bond donors (Lipinski definition) is 0. The molecule has 0 N–H and O–H groups in total. The Balaban J connectivity index is 1.45. The van der Waals surface area contributed by atoms with Crippen LogP contribution in [0.3, 0.4) is 0 Å². The molecule has 2 saturated carbocycles. The number of pyridine rings is 1. The summed E-state index contributed by atoms with van der Waals surface area (Å²) in [5.41, 5.74) is 2.93. The van der Waals surface area contributed by atoms with Crippen LogP contribution in [0.15, 0.2) is 42.2 Å². The Kier molecular flexibility index (Phi) is 3.52. The number of ether oxygens (including phenoxy) is 1. The van der Waals surface area contributed by atoms with Crippen molar-refractivity contribution in [3.05, 3.63) is 47.7 Å². The third kappa shape index (κ3) is 2.92. The molecule has 3 heteroatoms. The number of nitrogens with zero attached hydrogens (tertiary/aromatic N) is 1. The number of aromatic nitrogens is 1. The zero-order valence-corrected chi connectivity index (χ0v) is 17.7. The van der Waals surface area contributed by atoms with Gasteiger partial charge in [0.25, 0.3) is 0 Å².